The number of primary amides is 1. The van der Waals surface area contributed by atoms with Gasteiger partial charge in [-0.2, -0.15) is 0 Å². The summed E-state index contributed by atoms with van der Waals surface area (Å²) in [5.41, 5.74) is 7.03. The van der Waals surface area contributed by atoms with E-state index in [4.69, 9.17) is 5.73 Å². The number of rotatable bonds is 6. The normalized spacial score (nSPS) is 10.1. The van der Waals surface area contributed by atoms with Gasteiger partial charge in [-0.15, -0.1) is 11.3 Å². The van der Waals surface area contributed by atoms with Gasteiger partial charge in [0.15, 0.2) is 0 Å². The van der Waals surface area contributed by atoms with Crippen LogP contribution >= 0.6 is 11.3 Å². The average molecular weight is 331 g/mol. The Kier molecular flexibility index (Phi) is 5.48. The van der Waals surface area contributed by atoms with Gasteiger partial charge in [-0.05, 0) is 30.2 Å². The molecule has 7 heteroatoms. The first kappa shape index (κ1) is 16.7. The second-order valence-corrected chi connectivity index (χ2v) is 5.76. The van der Waals surface area contributed by atoms with E-state index in [1.165, 1.54) is 17.4 Å². The first-order valence-corrected chi connectivity index (χ1v) is 7.87. The van der Waals surface area contributed by atoms with Crippen LogP contribution in [-0.2, 0) is 6.42 Å². The van der Waals surface area contributed by atoms with Crippen molar-refractivity contribution in [3.63, 3.8) is 0 Å². The number of carbonyl (C=O) groups excluding carboxylic acids is 3. The molecule has 0 saturated heterocycles. The number of carbonyl (C=O) groups is 3. The maximum absolute atomic E-state index is 12.0. The molecule has 2 rings (SSSR count). The Morgan fingerprint density at radius 1 is 1.13 bits per heavy atom. The predicted molar refractivity (Wildman–Crippen MR) is 88.7 cm³/mol. The molecule has 0 spiro atoms. The summed E-state index contributed by atoms with van der Waals surface area (Å²) >= 11 is 1.18. The van der Waals surface area contributed by atoms with E-state index >= 15 is 0 Å². The summed E-state index contributed by atoms with van der Waals surface area (Å²) in [6, 6.07) is 8.71. The van der Waals surface area contributed by atoms with Crippen LogP contribution in [0, 0.1) is 0 Å². The van der Waals surface area contributed by atoms with E-state index < -0.39 is 5.91 Å². The van der Waals surface area contributed by atoms with Crippen molar-refractivity contribution in [1.29, 1.82) is 0 Å². The van der Waals surface area contributed by atoms with Gasteiger partial charge in [-0.25, -0.2) is 0 Å². The Balaban J connectivity index is 1.90. The highest BCUT2D eigenvalue weighted by Crippen LogP contribution is 2.14. The van der Waals surface area contributed by atoms with Crippen LogP contribution in [0.4, 0.5) is 0 Å². The third-order valence-corrected chi connectivity index (χ3v) is 4.15. The standard InChI is InChI=1S/C16H17N3O3S/c1-18-15(21)11-4-2-3-10(7-11)5-6-19-16(22)13-8-12(9-23-13)14(17)20/h2-4,7-9H,5-6H2,1H3,(H2,17,20)(H,18,21)(H,19,22). The Labute approximate surface area is 137 Å². The van der Waals surface area contributed by atoms with Crippen LogP contribution in [0.1, 0.15) is 36.0 Å². The van der Waals surface area contributed by atoms with Crippen molar-refractivity contribution in [2.75, 3.05) is 13.6 Å². The van der Waals surface area contributed by atoms with E-state index in [0.29, 0.717) is 29.0 Å². The van der Waals surface area contributed by atoms with Crippen molar-refractivity contribution in [2.24, 2.45) is 5.73 Å². The van der Waals surface area contributed by atoms with Crippen molar-refractivity contribution in [1.82, 2.24) is 10.6 Å². The fourth-order valence-corrected chi connectivity index (χ4v) is 2.82. The van der Waals surface area contributed by atoms with Gasteiger partial charge in [-0.3, -0.25) is 14.4 Å². The van der Waals surface area contributed by atoms with Crippen LogP contribution in [0.15, 0.2) is 35.7 Å². The summed E-state index contributed by atoms with van der Waals surface area (Å²) in [7, 11) is 1.58. The van der Waals surface area contributed by atoms with Crippen LogP contribution in [0.2, 0.25) is 0 Å². The molecular formula is C16H17N3O3S. The quantitative estimate of drug-likeness (QED) is 0.741. The number of hydrogen-bond acceptors (Lipinski definition) is 4. The molecule has 0 radical (unpaired) electrons. The highest BCUT2D eigenvalue weighted by Gasteiger charge is 2.11. The molecule has 0 aliphatic carbocycles. The van der Waals surface area contributed by atoms with Crippen molar-refractivity contribution in [2.45, 2.75) is 6.42 Å². The number of benzene rings is 1. The number of nitrogens with one attached hydrogen (secondary N) is 2. The second kappa shape index (κ2) is 7.55. The van der Waals surface area contributed by atoms with Gasteiger partial charge in [0.25, 0.3) is 11.8 Å². The molecule has 3 amide bonds. The number of nitrogens with two attached hydrogens (primary N) is 1. The molecule has 6 nitrogen and oxygen atoms in total. The van der Waals surface area contributed by atoms with Gasteiger partial charge in [0.2, 0.25) is 5.91 Å². The molecule has 23 heavy (non-hydrogen) atoms. The van der Waals surface area contributed by atoms with Crippen LogP contribution in [0.25, 0.3) is 0 Å². The van der Waals surface area contributed by atoms with Gasteiger partial charge < -0.3 is 16.4 Å². The molecule has 0 aliphatic heterocycles. The van der Waals surface area contributed by atoms with Crippen molar-refractivity contribution >= 4 is 29.1 Å². The fraction of sp³-hybridized carbons (Fsp3) is 0.188. The van der Waals surface area contributed by atoms with Crippen molar-refractivity contribution in [3.8, 4) is 0 Å². The molecule has 0 aliphatic rings. The topological polar surface area (TPSA) is 101 Å². The second-order valence-electron chi connectivity index (χ2n) is 4.85. The molecule has 0 atom stereocenters. The van der Waals surface area contributed by atoms with E-state index in [1.807, 2.05) is 6.07 Å². The number of hydrogen-bond donors (Lipinski definition) is 3. The molecule has 1 aromatic heterocycles. The fourth-order valence-electron chi connectivity index (χ4n) is 2.00. The largest absolute Gasteiger partial charge is 0.366 e. The lowest BCUT2D eigenvalue weighted by molar-refractivity contribution is 0.0951. The Bertz CT molecular complexity index is 740. The average Bonchev–Trinajstić information content (AvgIpc) is 3.04. The highest BCUT2D eigenvalue weighted by molar-refractivity contribution is 7.12. The first-order chi connectivity index (χ1) is 11.0. The lowest BCUT2D eigenvalue weighted by Gasteiger charge is -2.06. The van der Waals surface area contributed by atoms with Crippen LogP contribution in [-0.4, -0.2) is 31.3 Å². The molecule has 0 saturated carbocycles. The Morgan fingerprint density at radius 3 is 2.57 bits per heavy atom. The summed E-state index contributed by atoms with van der Waals surface area (Å²) in [6.45, 7) is 0.430. The third kappa shape index (κ3) is 4.40. The predicted octanol–water partition coefficient (Wildman–Crippen LogP) is 1.18. The molecule has 1 aromatic carbocycles. The smallest absolute Gasteiger partial charge is 0.261 e. The highest BCUT2D eigenvalue weighted by atomic mass is 32.1. The van der Waals surface area contributed by atoms with Gasteiger partial charge in [-0.1, -0.05) is 12.1 Å². The van der Waals surface area contributed by atoms with E-state index in [2.05, 4.69) is 10.6 Å². The minimum absolute atomic E-state index is 0.145. The third-order valence-electron chi connectivity index (χ3n) is 3.22. The van der Waals surface area contributed by atoms with E-state index in [0.717, 1.165) is 5.56 Å². The van der Waals surface area contributed by atoms with Crippen molar-refractivity contribution in [3.05, 3.63) is 57.3 Å². The minimum atomic E-state index is -0.550. The SMILES string of the molecule is CNC(=O)c1cccc(CCNC(=O)c2cc(C(N)=O)cs2)c1. The van der Waals surface area contributed by atoms with Gasteiger partial charge in [0.05, 0.1) is 10.4 Å². The number of amides is 3. The van der Waals surface area contributed by atoms with E-state index in [1.54, 1.807) is 30.6 Å². The summed E-state index contributed by atoms with van der Waals surface area (Å²) in [6.07, 6.45) is 0.602. The molecule has 120 valence electrons. The molecular weight excluding hydrogens is 314 g/mol. The number of thiophene rings is 1. The molecule has 4 N–H and O–H groups in total. The maximum atomic E-state index is 12.0. The van der Waals surface area contributed by atoms with Crippen LogP contribution < -0.4 is 16.4 Å². The zero-order valence-corrected chi connectivity index (χ0v) is 13.4. The Morgan fingerprint density at radius 2 is 1.91 bits per heavy atom. The molecule has 0 unspecified atom stereocenters. The monoisotopic (exact) mass is 331 g/mol. The van der Waals surface area contributed by atoms with Crippen LogP contribution in [0.5, 0.6) is 0 Å². The minimum Gasteiger partial charge on any atom is -0.366 e. The first-order valence-electron chi connectivity index (χ1n) is 6.99. The van der Waals surface area contributed by atoms with E-state index in [9.17, 15) is 14.4 Å². The van der Waals surface area contributed by atoms with Gasteiger partial charge in [0, 0.05) is 24.5 Å². The molecule has 1 heterocycles. The summed E-state index contributed by atoms with van der Waals surface area (Å²) in [5, 5.41) is 6.91. The molecule has 0 bridgehead atoms. The van der Waals surface area contributed by atoms with E-state index in [-0.39, 0.29) is 11.8 Å². The molecule has 0 fully saturated rings. The summed E-state index contributed by atoms with van der Waals surface area (Å²) < 4.78 is 0. The van der Waals surface area contributed by atoms with Crippen molar-refractivity contribution < 1.29 is 14.4 Å². The lowest BCUT2D eigenvalue weighted by Crippen LogP contribution is -2.25. The zero-order valence-electron chi connectivity index (χ0n) is 12.6. The lowest BCUT2D eigenvalue weighted by atomic mass is 10.1. The van der Waals surface area contributed by atoms with Gasteiger partial charge in [0.1, 0.15) is 0 Å². The summed E-state index contributed by atoms with van der Waals surface area (Å²) in [4.78, 5) is 35.0. The maximum Gasteiger partial charge on any atom is 0.261 e. The van der Waals surface area contributed by atoms with Crippen LogP contribution in [0.3, 0.4) is 0 Å². The molecule has 2 aromatic rings. The van der Waals surface area contributed by atoms with Gasteiger partial charge >= 0.3 is 0 Å². The summed E-state index contributed by atoms with van der Waals surface area (Å²) in [5.74, 6) is -0.940. The zero-order chi connectivity index (χ0) is 16.8. The Hall–Kier alpha value is -2.67.